The van der Waals surface area contributed by atoms with Gasteiger partial charge in [0.05, 0.1) is 24.5 Å². The molecule has 8 heteroatoms. The van der Waals surface area contributed by atoms with Crippen molar-refractivity contribution in [3.05, 3.63) is 20.2 Å². The van der Waals surface area contributed by atoms with E-state index in [-0.39, 0.29) is 29.6 Å². The minimum Gasteiger partial charge on any atom is -0.466 e. The molecule has 0 unspecified atom stereocenters. The maximum absolute atomic E-state index is 11.7. The number of aromatic nitrogens is 1. The van der Waals surface area contributed by atoms with Crippen LogP contribution < -0.4 is 4.87 Å². The maximum Gasteiger partial charge on any atom is 0.356 e. The van der Waals surface area contributed by atoms with Gasteiger partial charge in [-0.15, -0.1) is 0 Å². The van der Waals surface area contributed by atoms with E-state index in [0.717, 1.165) is 11.3 Å². The first-order chi connectivity index (χ1) is 9.97. The van der Waals surface area contributed by atoms with E-state index in [2.05, 4.69) is 4.98 Å². The molecule has 0 amide bonds. The van der Waals surface area contributed by atoms with Gasteiger partial charge in [-0.1, -0.05) is 11.3 Å². The van der Waals surface area contributed by atoms with E-state index < -0.39 is 5.97 Å². The fraction of sp³-hybridized carbons (Fsp3) is 0.615. The molecule has 0 saturated carbocycles. The Morgan fingerprint density at radius 3 is 2.52 bits per heavy atom. The Balaban J connectivity index is 2.63. The fourth-order valence-electron chi connectivity index (χ4n) is 1.68. The van der Waals surface area contributed by atoms with Gasteiger partial charge in [-0.2, -0.15) is 0 Å². The van der Waals surface area contributed by atoms with Crippen molar-refractivity contribution in [2.24, 2.45) is 0 Å². The summed E-state index contributed by atoms with van der Waals surface area (Å²) >= 11 is 0.972. The Labute approximate surface area is 126 Å². The molecular formula is C13H20N2O5S. The zero-order valence-electron chi connectivity index (χ0n) is 12.4. The van der Waals surface area contributed by atoms with Crippen molar-refractivity contribution < 1.29 is 19.1 Å². The summed E-state index contributed by atoms with van der Waals surface area (Å²) in [5.74, 6) is -0.804. The summed E-state index contributed by atoms with van der Waals surface area (Å²) in [6.07, 6.45) is 0.262. The van der Waals surface area contributed by atoms with Gasteiger partial charge in [-0.05, 0) is 20.9 Å². The molecular weight excluding hydrogens is 296 g/mol. The second kappa shape index (κ2) is 8.58. The first-order valence-electron chi connectivity index (χ1n) is 6.71. The largest absolute Gasteiger partial charge is 0.466 e. The summed E-state index contributed by atoms with van der Waals surface area (Å²) in [6.45, 7) is 4.92. The highest BCUT2D eigenvalue weighted by Gasteiger charge is 2.18. The van der Waals surface area contributed by atoms with Crippen molar-refractivity contribution in [3.63, 3.8) is 0 Å². The molecule has 118 valence electrons. The Hall–Kier alpha value is -1.67. The first kappa shape index (κ1) is 17.4. The van der Waals surface area contributed by atoms with Crippen LogP contribution in [-0.2, 0) is 20.8 Å². The summed E-state index contributed by atoms with van der Waals surface area (Å²) in [6, 6.07) is 0. The van der Waals surface area contributed by atoms with Gasteiger partial charge in [0.25, 0.3) is 0 Å². The van der Waals surface area contributed by atoms with Gasteiger partial charge in [0.15, 0.2) is 0 Å². The van der Waals surface area contributed by atoms with Gasteiger partial charge in [0.2, 0.25) is 0 Å². The van der Waals surface area contributed by atoms with Gasteiger partial charge in [-0.3, -0.25) is 9.59 Å². The van der Waals surface area contributed by atoms with Crippen molar-refractivity contribution in [2.45, 2.75) is 26.8 Å². The van der Waals surface area contributed by atoms with Crippen LogP contribution in [0.1, 0.15) is 35.6 Å². The molecule has 7 nitrogen and oxygen atoms in total. The van der Waals surface area contributed by atoms with E-state index in [1.165, 1.54) is 0 Å². The van der Waals surface area contributed by atoms with Crippen molar-refractivity contribution in [2.75, 3.05) is 26.8 Å². The monoisotopic (exact) mass is 316 g/mol. The number of hydrogen-bond acceptors (Lipinski definition) is 7. The number of carbonyl (C=O) groups excluding carboxylic acids is 2. The predicted molar refractivity (Wildman–Crippen MR) is 78.5 cm³/mol. The summed E-state index contributed by atoms with van der Waals surface area (Å²) in [7, 11) is 1.80. The molecule has 0 aliphatic heterocycles. The smallest absolute Gasteiger partial charge is 0.356 e. The molecule has 0 aromatic carbocycles. The number of carbonyl (C=O) groups is 2. The van der Waals surface area contributed by atoms with Crippen LogP contribution in [0.2, 0.25) is 0 Å². The lowest BCUT2D eigenvalue weighted by Crippen LogP contribution is -2.23. The molecule has 0 aliphatic rings. The Morgan fingerprint density at radius 2 is 1.90 bits per heavy atom. The maximum atomic E-state index is 11.7. The minimum atomic E-state index is -0.537. The van der Waals surface area contributed by atoms with Gasteiger partial charge in [-0.25, -0.2) is 4.79 Å². The summed E-state index contributed by atoms with van der Waals surface area (Å²) < 4.78 is 9.75. The molecule has 1 aromatic heterocycles. The van der Waals surface area contributed by atoms with Crippen LogP contribution in [0, 0.1) is 0 Å². The lowest BCUT2D eigenvalue weighted by molar-refractivity contribution is -0.143. The molecule has 1 aromatic rings. The number of aromatic amines is 1. The van der Waals surface area contributed by atoms with Crippen LogP contribution in [0.5, 0.6) is 0 Å². The van der Waals surface area contributed by atoms with Crippen LogP contribution in [0.3, 0.4) is 0 Å². The van der Waals surface area contributed by atoms with Crippen molar-refractivity contribution in [1.29, 1.82) is 0 Å². The van der Waals surface area contributed by atoms with Gasteiger partial charge >= 0.3 is 16.8 Å². The number of nitrogens with zero attached hydrogens (tertiary/aromatic N) is 1. The van der Waals surface area contributed by atoms with Crippen LogP contribution >= 0.6 is 11.3 Å². The fourth-order valence-corrected chi connectivity index (χ4v) is 2.58. The average Bonchev–Trinajstić information content (AvgIpc) is 2.78. The number of nitrogens with one attached hydrogen (secondary N) is 1. The summed E-state index contributed by atoms with van der Waals surface area (Å²) in [5.41, 5.74) is 0.190. The highest BCUT2D eigenvalue weighted by molar-refractivity contribution is 7.09. The second-order valence-corrected chi connectivity index (χ2v) is 5.39. The lowest BCUT2D eigenvalue weighted by atomic mass is 10.3. The Kier molecular flexibility index (Phi) is 7.10. The van der Waals surface area contributed by atoms with Crippen LogP contribution in [0.25, 0.3) is 0 Å². The predicted octanol–water partition coefficient (Wildman–Crippen LogP) is 0.998. The van der Waals surface area contributed by atoms with Gasteiger partial charge < -0.3 is 19.4 Å². The molecule has 0 spiro atoms. The zero-order valence-corrected chi connectivity index (χ0v) is 13.2. The SMILES string of the molecule is CCOC(=O)CCN(C)Cc1sc(=O)[nH]c1C(=O)OCC. The molecule has 1 heterocycles. The molecule has 0 fully saturated rings. The standard InChI is InChI=1S/C13H20N2O5S/c1-4-19-10(16)6-7-15(3)8-9-11(12(17)20-5-2)14-13(18)21-9/h4-8H2,1-3H3,(H,14,18). The minimum absolute atomic E-state index is 0.190. The van der Waals surface area contributed by atoms with Gasteiger partial charge in [0, 0.05) is 13.1 Å². The Morgan fingerprint density at radius 1 is 1.24 bits per heavy atom. The van der Waals surface area contributed by atoms with E-state index in [1.54, 1.807) is 20.9 Å². The summed E-state index contributed by atoms with van der Waals surface area (Å²) in [5, 5.41) is 0. The molecule has 0 radical (unpaired) electrons. The van der Waals surface area contributed by atoms with E-state index in [1.807, 2.05) is 4.90 Å². The normalized spacial score (nSPS) is 10.7. The van der Waals surface area contributed by atoms with Gasteiger partial charge in [0.1, 0.15) is 5.69 Å². The average molecular weight is 316 g/mol. The first-order valence-corrected chi connectivity index (χ1v) is 7.52. The van der Waals surface area contributed by atoms with Crippen molar-refractivity contribution in [3.8, 4) is 0 Å². The van der Waals surface area contributed by atoms with Crippen molar-refractivity contribution in [1.82, 2.24) is 9.88 Å². The van der Waals surface area contributed by atoms with Crippen LogP contribution in [-0.4, -0.2) is 48.6 Å². The van der Waals surface area contributed by atoms with E-state index in [9.17, 15) is 14.4 Å². The molecule has 0 bridgehead atoms. The zero-order chi connectivity index (χ0) is 15.8. The quantitative estimate of drug-likeness (QED) is 0.720. The van der Waals surface area contributed by atoms with Crippen LogP contribution in [0.4, 0.5) is 0 Å². The van der Waals surface area contributed by atoms with E-state index >= 15 is 0 Å². The second-order valence-electron chi connectivity index (χ2n) is 4.33. The third-order valence-electron chi connectivity index (χ3n) is 2.62. The molecule has 21 heavy (non-hydrogen) atoms. The number of rotatable bonds is 8. The van der Waals surface area contributed by atoms with E-state index in [0.29, 0.717) is 24.6 Å². The molecule has 1 N–H and O–H groups in total. The van der Waals surface area contributed by atoms with E-state index in [4.69, 9.17) is 9.47 Å². The summed E-state index contributed by atoms with van der Waals surface area (Å²) in [4.78, 5) is 39.1. The number of H-pyrrole nitrogens is 1. The third-order valence-corrected chi connectivity index (χ3v) is 3.48. The van der Waals surface area contributed by atoms with Crippen LogP contribution in [0.15, 0.2) is 4.79 Å². The number of hydrogen-bond donors (Lipinski definition) is 1. The molecule has 1 rings (SSSR count). The number of esters is 2. The topological polar surface area (TPSA) is 88.7 Å². The number of ether oxygens (including phenoxy) is 2. The third kappa shape index (κ3) is 5.68. The molecule has 0 aliphatic carbocycles. The highest BCUT2D eigenvalue weighted by Crippen LogP contribution is 2.13. The highest BCUT2D eigenvalue weighted by atomic mass is 32.1. The molecule has 0 atom stereocenters. The lowest BCUT2D eigenvalue weighted by Gasteiger charge is -2.15. The Bertz CT molecular complexity index is 537. The van der Waals surface area contributed by atoms with Crippen molar-refractivity contribution >= 4 is 23.3 Å². The number of thiazole rings is 1. The molecule has 0 saturated heterocycles.